The number of hydrogen-bond acceptors (Lipinski definition) is 5. The fraction of sp³-hybridized carbons (Fsp3) is 0.391. The van der Waals surface area contributed by atoms with Crippen LogP contribution in [0.4, 0.5) is 0 Å². The van der Waals surface area contributed by atoms with E-state index in [4.69, 9.17) is 9.47 Å². The molecule has 5 nitrogen and oxygen atoms in total. The molecule has 0 aliphatic rings. The van der Waals surface area contributed by atoms with Crippen LogP contribution in [0.1, 0.15) is 39.2 Å². The highest BCUT2D eigenvalue weighted by atomic mass is 16.6. The molecule has 0 N–H and O–H groups in total. The van der Waals surface area contributed by atoms with Gasteiger partial charge in [-0.15, -0.1) is 0 Å². The van der Waals surface area contributed by atoms with E-state index in [-0.39, 0.29) is 11.9 Å². The number of esters is 2. The zero-order valence-electron chi connectivity index (χ0n) is 17.4. The van der Waals surface area contributed by atoms with Crippen LogP contribution in [0.25, 0.3) is 6.08 Å². The number of carbonyl (C=O) groups is 2. The molecule has 1 aromatic carbocycles. The summed E-state index contributed by atoms with van der Waals surface area (Å²) in [6.07, 6.45) is 4.99. The second-order valence-corrected chi connectivity index (χ2v) is 5.45. The van der Waals surface area contributed by atoms with E-state index in [2.05, 4.69) is 24.5 Å². The van der Waals surface area contributed by atoms with Crippen LogP contribution >= 0.6 is 0 Å². The average molecular weight is 391 g/mol. The fourth-order valence-electron chi connectivity index (χ4n) is 1.43. The van der Waals surface area contributed by atoms with E-state index < -0.39 is 0 Å². The van der Waals surface area contributed by atoms with E-state index in [9.17, 15) is 9.59 Å². The maximum Gasteiger partial charge on any atom is 0.333 e. The molecule has 0 saturated carbocycles. The zero-order chi connectivity index (χ0) is 21.6. The molecule has 156 valence electrons. The molecule has 0 amide bonds. The molecule has 1 rings (SSSR count). The molecule has 0 atom stereocenters. The molecular formula is C23H34O5. The summed E-state index contributed by atoms with van der Waals surface area (Å²) < 4.78 is 14.4. The van der Waals surface area contributed by atoms with Crippen molar-refractivity contribution in [2.45, 2.75) is 33.6 Å². The Morgan fingerprint density at radius 2 is 1.64 bits per heavy atom. The molecule has 0 saturated heterocycles. The lowest BCUT2D eigenvalue weighted by atomic mass is 10.2. The first kappa shape index (κ1) is 27.6. The van der Waals surface area contributed by atoms with E-state index in [0.29, 0.717) is 32.0 Å². The molecule has 0 aromatic heterocycles. The number of unbranched alkanes of at least 4 members (excludes halogenated alkanes) is 1. The highest BCUT2D eigenvalue weighted by molar-refractivity contribution is 5.86. The van der Waals surface area contributed by atoms with Gasteiger partial charge in [-0.2, -0.15) is 0 Å². The van der Waals surface area contributed by atoms with Gasteiger partial charge in [-0.05, 0) is 25.8 Å². The molecule has 28 heavy (non-hydrogen) atoms. The van der Waals surface area contributed by atoms with Gasteiger partial charge in [-0.25, -0.2) is 9.59 Å². The third-order valence-electron chi connectivity index (χ3n) is 2.96. The smallest absolute Gasteiger partial charge is 0.333 e. The number of benzene rings is 1. The summed E-state index contributed by atoms with van der Waals surface area (Å²) in [4.78, 5) is 21.1. The Morgan fingerprint density at radius 3 is 2.07 bits per heavy atom. The fourth-order valence-corrected chi connectivity index (χ4v) is 1.43. The minimum absolute atomic E-state index is 0.305. The quantitative estimate of drug-likeness (QED) is 0.320. The van der Waals surface area contributed by atoms with Crippen molar-refractivity contribution in [3.8, 4) is 0 Å². The lowest BCUT2D eigenvalue weighted by molar-refractivity contribution is -0.140. The topological polar surface area (TPSA) is 61.8 Å². The molecule has 0 unspecified atom stereocenters. The normalized spacial score (nSPS) is 8.82. The maximum atomic E-state index is 10.7. The van der Waals surface area contributed by atoms with Crippen LogP contribution < -0.4 is 0 Å². The second kappa shape index (κ2) is 20.6. The van der Waals surface area contributed by atoms with E-state index in [0.717, 1.165) is 12.8 Å². The summed E-state index contributed by atoms with van der Waals surface area (Å²) in [6.45, 7) is 17.8. The van der Waals surface area contributed by atoms with Crippen LogP contribution in [0, 0.1) is 0 Å². The van der Waals surface area contributed by atoms with Gasteiger partial charge in [0.1, 0.15) is 6.61 Å². The van der Waals surface area contributed by atoms with E-state index in [1.54, 1.807) is 6.92 Å². The van der Waals surface area contributed by atoms with Crippen LogP contribution in [0.15, 0.2) is 61.7 Å². The first-order chi connectivity index (χ1) is 13.4. The largest absolute Gasteiger partial charge is 0.463 e. The van der Waals surface area contributed by atoms with Gasteiger partial charge in [0.15, 0.2) is 0 Å². The third-order valence-corrected chi connectivity index (χ3v) is 2.96. The van der Waals surface area contributed by atoms with E-state index in [1.165, 1.54) is 11.6 Å². The summed E-state index contributed by atoms with van der Waals surface area (Å²) in [5.74, 6) is -0.687. The molecular weight excluding hydrogens is 356 g/mol. The van der Waals surface area contributed by atoms with Crippen LogP contribution in [-0.2, 0) is 23.8 Å². The Labute approximate surface area is 169 Å². The molecule has 1 aromatic rings. The Morgan fingerprint density at radius 1 is 1.00 bits per heavy atom. The van der Waals surface area contributed by atoms with Crippen molar-refractivity contribution in [2.24, 2.45) is 0 Å². The Balaban J connectivity index is 0. The van der Waals surface area contributed by atoms with Crippen LogP contribution in [0.2, 0.25) is 0 Å². The van der Waals surface area contributed by atoms with Crippen molar-refractivity contribution >= 4 is 18.0 Å². The summed E-state index contributed by atoms with van der Waals surface area (Å²) in [5, 5.41) is 0. The predicted octanol–water partition coefficient (Wildman–Crippen LogP) is 4.99. The molecule has 0 heterocycles. The summed E-state index contributed by atoms with van der Waals surface area (Å²) in [7, 11) is 0. The van der Waals surface area contributed by atoms with Crippen LogP contribution in [0.3, 0.4) is 0 Å². The van der Waals surface area contributed by atoms with Crippen LogP contribution in [0.5, 0.6) is 0 Å². The van der Waals surface area contributed by atoms with E-state index in [1.807, 2.05) is 50.3 Å². The van der Waals surface area contributed by atoms with Crippen molar-refractivity contribution in [3.05, 3.63) is 67.3 Å². The zero-order valence-corrected chi connectivity index (χ0v) is 17.4. The first-order valence-corrected chi connectivity index (χ1v) is 9.29. The minimum Gasteiger partial charge on any atom is -0.463 e. The van der Waals surface area contributed by atoms with Gasteiger partial charge < -0.3 is 14.2 Å². The van der Waals surface area contributed by atoms with Crippen molar-refractivity contribution in [1.82, 2.24) is 0 Å². The maximum absolute atomic E-state index is 10.7. The van der Waals surface area contributed by atoms with Crippen molar-refractivity contribution in [1.29, 1.82) is 0 Å². The lowest BCUT2D eigenvalue weighted by Crippen LogP contribution is -2.10. The highest BCUT2D eigenvalue weighted by Gasteiger charge is 2.00. The van der Waals surface area contributed by atoms with Crippen molar-refractivity contribution < 1.29 is 23.8 Å². The Kier molecular flexibility index (Phi) is 20.3. The summed E-state index contributed by atoms with van der Waals surface area (Å²) >= 11 is 0. The highest BCUT2D eigenvalue weighted by Crippen LogP contribution is 1.97. The van der Waals surface area contributed by atoms with Gasteiger partial charge in [0.25, 0.3) is 0 Å². The van der Waals surface area contributed by atoms with Gasteiger partial charge in [-0.3, -0.25) is 0 Å². The van der Waals surface area contributed by atoms with Crippen molar-refractivity contribution in [2.75, 3.05) is 26.4 Å². The van der Waals surface area contributed by atoms with Gasteiger partial charge >= 0.3 is 11.9 Å². The van der Waals surface area contributed by atoms with Gasteiger partial charge in [0, 0.05) is 18.3 Å². The minimum atomic E-state index is -0.357. The first-order valence-electron chi connectivity index (χ1n) is 9.29. The number of hydrogen-bond donors (Lipinski definition) is 0. The molecule has 0 fully saturated rings. The van der Waals surface area contributed by atoms with Gasteiger partial charge in [0.2, 0.25) is 0 Å². The monoisotopic (exact) mass is 390 g/mol. The molecule has 0 spiro atoms. The third kappa shape index (κ3) is 19.7. The molecule has 0 aliphatic carbocycles. The Bertz CT molecular complexity index is 564. The van der Waals surface area contributed by atoms with Gasteiger partial charge in [0.05, 0.1) is 13.2 Å². The van der Waals surface area contributed by atoms with Gasteiger partial charge in [-0.1, -0.05) is 69.5 Å². The molecule has 0 radical (unpaired) electrons. The summed E-state index contributed by atoms with van der Waals surface area (Å²) in [6, 6.07) is 10.0. The Hall–Kier alpha value is -2.66. The van der Waals surface area contributed by atoms with E-state index >= 15 is 0 Å². The molecule has 0 bridgehead atoms. The van der Waals surface area contributed by atoms with Crippen molar-refractivity contribution in [3.63, 3.8) is 0 Å². The number of rotatable bonds is 10. The average Bonchev–Trinajstić information content (AvgIpc) is 2.72. The number of carbonyl (C=O) groups excluding carboxylic acids is 2. The standard InChI is InChI=1S/C8H14O3.C8H8.C7H12O2/c1-4-10-5-6-11-8(9)7(2)3;1-2-8-6-4-3-5-7-8;1-3-5-6-9-7(8)4-2/h2,4-6H2,1,3H3;2-7H,1H2;4H,2-3,5-6H2,1H3. The molecule has 0 aliphatic heterocycles. The molecule has 5 heteroatoms. The SMILES string of the molecule is C=C(C)C(=O)OCCOCC.C=CC(=O)OCCCC.C=Cc1ccccc1. The predicted molar refractivity (Wildman–Crippen MR) is 115 cm³/mol. The lowest BCUT2D eigenvalue weighted by Gasteiger charge is -2.03. The summed E-state index contributed by atoms with van der Waals surface area (Å²) in [5.41, 5.74) is 1.59. The number of ether oxygens (including phenoxy) is 3. The second-order valence-electron chi connectivity index (χ2n) is 5.45. The van der Waals surface area contributed by atoms with Crippen LogP contribution in [-0.4, -0.2) is 38.4 Å².